The molecule has 0 aromatic heterocycles. The third-order valence-corrected chi connectivity index (χ3v) is 3.74. The summed E-state index contributed by atoms with van der Waals surface area (Å²) in [5.74, 6) is 0.576. The zero-order valence-electron chi connectivity index (χ0n) is 11.7. The molecule has 0 amide bonds. The van der Waals surface area contributed by atoms with E-state index in [1.54, 1.807) is 6.07 Å². The van der Waals surface area contributed by atoms with Crippen LogP contribution in [0.4, 0.5) is 11.4 Å². The Kier molecular flexibility index (Phi) is 4.20. The monoisotopic (exact) mass is 274 g/mol. The van der Waals surface area contributed by atoms with E-state index in [2.05, 4.69) is 11.9 Å². The van der Waals surface area contributed by atoms with Crippen LogP contribution in [0.15, 0.2) is 18.2 Å². The minimum absolute atomic E-state index is 0.0423. The number of hydrogen-bond acceptors (Lipinski definition) is 5. The highest BCUT2D eigenvalue weighted by atomic mass is 16.6. The van der Waals surface area contributed by atoms with Gasteiger partial charge in [-0.3, -0.25) is 10.1 Å². The first-order valence-electron chi connectivity index (χ1n) is 6.59. The zero-order chi connectivity index (χ0) is 14.7. The van der Waals surface area contributed by atoms with Crippen molar-refractivity contribution in [3.05, 3.63) is 33.9 Å². The minimum atomic E-state index is -0.476. The van der Waals surface area contributed by atoms with Crippen molar-refractivity contribution < 1.29 is 4.92 Å². The van der Waals surface area contributed by atoms with Gasteiger partial charge in [-0.05, 0) is 32.0 Å². The van der Waals surface area contributed by atoms with E-state index in [0.717, 1.165) is 31.7 Å². The molecule has 1 fully saturated rings. The fourth-order valence-corrected chi connectivity index (χ4v) is 2.72. The lowest BCUT2D eigenvalue weighted by molar-refractivity contribution is -0.384. The third kappa shape index (κ3) is 3.06. The average Bonchev–Trinajstić information content (AvgIpc) is 2.83. The lowest BCUT2D eigenvalue weighted by atomic mass is 10.1. The fourth-order valence-electron chi connectivity index (χ4n) is 2.72. The van der Waals surface area contributed by atoms with E-state index in [9.17, 15) is 10.1 Å². The Labute approximate surface area is 118 Å². The summed E-state index contributed by atoms with van der Waals surface area (Å²) in [6, 6.07) is 6.50. The van der Waals surface area contributed by atoms with E-state index in [1.807, 2.05) is 18.0 Å². The van der Waals surface area contributed by atoms with Crippen LogP contribution < -0.4 is 4.90 Å². The van der Waals surface area contributed by atoms with Crippen molar-refractivity contribution in [2.24, 2.45) is 5.92 Å². The molecule has 1 aliphatic heterocycles. The highest BCUT2D eigenvalue weighted by Crippen LogP contribution is 2.26. The van der Waals surface area contributed by atoms with Gasteiger partial charge >= 0.3 is 0 Å². The predicted octanol–water partition coefficient (Wildman–Crippen LogP) is 1.85. The van der Waals surface area contributed by atoms with E-state index in [1.165, 1.54) is 12.1 Å². The van der Waals surface area contributed by atoms with Crippen LogP contribution >= 0.6 is 0 Å². The van der Waals surface area contributed by atoms with Crippen LogP contribution in [-0.2, 0) is 0 Å². The number of anilines is 1. The maximum atomic E-state index is 10.7. The van der Waals surface area contributed by atoms with E-state index in [4.69, 9.17) is 5.26 Å². The van der Waals surface area contributed by atoms with Gasteiger partial charge in [0.1, 0.15) is 6.07 Å². The summed E-state index contributed by atoms with van der Waals surface area (Å²) in [6.45, 7) is 3.01. The number of nitro benzene ring substituents is 1. The van der Waals surface area contributed by atoms with Crippen LogP contribution in [-0.4, -0.2) is 43.6 Å². The molecule has 106 valence electrons. The van der Waals surface area contributed by atoms with Gasteiger partial charge in [0, 0.05) is 32.3 Å². The first kappa shape index (κ1) is 14.3. The van der Waals surface area contributed by atoms with Crippen molar-refractivity contribution in [3.8, 4) is 6.07 Å². The highest BCUT2D eigenvalue weighted by molar-refractivity contribution is 5.62. The Morgan fingerprint density at radius 2 is 2.35 bits per heavy atom. The Morgan fingerprint density at radius 3 is 2.90 bits per heavy atom. The number of nitrogens with zero attached hydrogens (tertiary/aromatic N) is 4. The van der Waals surface area contributed by atoms with Crippen LogP contribution in [0, 0.1) is 27.4 Å². The van der Waals surface area contributed by atoms with Gasteiger partial charge in [-0.1, -0.05) is 0 Å². The fraction of sp³-hybridized carbons (Fsp3) is 0.500. The summed E-state index contributed by atoms with van der Waals surface area (Å²) in [5.41, 5.74) is 1.07. The van der Waals surface area contributed by atoms with Crippen molar-refractivity contribution >= 4 is 11.4 Å². The molecule has 6 nitrogen and oxygen atoms in total. The molecule has 1 aromatic rings. The lowest BCUT2D eigenvalue weighted by Gasteiger charge is -2.24. The van der Waals surface area contributed by atoms with Crippen LogP contribution in [0.1, 0.15) is 12.0 Å². The molecule has 1 aliphatic rings. The van der Waals surface area contributed by atoms with Gasteiger partial charge in [0.25, 0.3) is 5.69 Å². The van der Waals surface area contributed by atoms with Gasteiger partial charge in [0.05, 0.1) is 16.2 Å². The maximum absolute atomic E-state index is 10.7. The summed E-state index contributed by atoms with van der Waals surface area (Å²) in [5, 5.41) is 19.9. The summed E-state index contributed by atoms with van der Waals surface area (Å²) in [6.07, 6.45) is 1.15. The number of benzene rings is 1. The molecule has 2 rings (SSSR count). The standard InChI is InChI=1S/C14H18N4O2/c1-16-6-5-11(9-16)10-17(2)14-4-3-13(18(19)20)7-12(14)8-15/h3-4,7,11H,5-6,9-10H2,1-2H3. The maximum Gasteiger partial charge on any atom is 0.270 e. The van der Waals surface area contributed by atoms with E-state index >= 15 is 0 Å². The van der Waals surface area contributed by atoms with Gasteiger partial charge in [0.2, 0.25) is 0 Å². The topological polar surface area (TPSA) is 73.4 Å². The molecule has 1 aromatic carbocycles. The molecule has 0 bridgehead atoms. The first-order valence-corrected chi connectivity index (χ1v) is 6.59. The summed E-state index contributed by atoms with van der Waals surface area (Å²) >= 11 is 0. The molecule has 0 spiro atoms. The van der Waals surface area contributed by atoms with Gasteiger partial charge in [-0.2, -0.15) is 5.26 Å². The van der Waals surface area contributed by atoms with Crippen LogP contribution in [0.25, 0.3) is 0 Å². The Morgan fingerprint density at radius 1 is 1.60 bits per heavy atom. The molecular weight excluding hydrogens is 256 g/mol. The van der Waals surface area contributed by atoms with Crippen molar-refractivity contribution in [2.45, 2.75) is 6.42 Å². The number of rotatable bonds is 4. The van der Waals surface area contributed by atoms with Crippen LogP contribution in [0.2, 0.25) is 0 Å². The molecule has 0 saturated carbocycles. The number of nitriles is 1. The zero-order valence-corrected chi connectivity index (χ0v) is 11.7. The lowest BCUT2D eigenvalue weighted by Crippen LogP contribution is -2.27. The molecule has 1 heterocycles. The van der Waals surface area contributed by atoms with E-state index in [-0.39, 0.29) is 5.69 Å². The second-order valence-electron chi connectivity index (χ2n) is 5.37. The number of nitro groups is 1. The SMILES string of the molecule is CN1CCC(CN(C)c2ccc([N+](=O)[O-])cc2C#N)C1. The molecule has 20 heavy (non-hydrogen) atoms. The van der Waals surface area contributed by atoms with Crippen molar-refractivity contribution in [2.75, 3.05) is 38.6 Å². The highest BCUT2D eigenvalue weighted by Gasteiger charge is 2.22. The third-order valence-electron chi connectivity index (χ3n) is 3.74. The predicted molar refractivity (Wildman–Crippen MR) is 76.7 cm³/mol. The van der Waals surface area contributed by atoms with E-state index < -0.39 is 4.92 Å². The van der Waals surface area contributed by atoms with Crippen molar-refractivity contribution in [3.63, 3.8) is 0 Å². The summed E-state index contributed by atoms with van der Waals surface area (Å²) < 4.78 is 0. The first-order chi connectivity index (χ1) is 9.51. The normalized spacial score (nSPS) is 18.8. The van der Waals surface area contributed by atoms with E-state index in [0.29, 0.717) is 11.5 Å². The Hall–Kier alpha value is -2.13. The van der Waals surface area contributed by atoms with Gasteiger partial charge in [-0.15, -0.1) is 0 Å². The summed E-state index contributed by atoms with van der Waals surface area (Å²) in [4.78, 5) is 14.6. The Balaban J connectivity index is 2.15. The second-order valence-corrected chi connectivity index (χ2v) is 5.37. The smallest absolute Gasteiger partial charge is 0.270 e. The molecule has 0 radical (unpaired) electrons. The van der Waals surface area contributed by atoms with Crippen LogP contribution in [0.3, 0.4) is 0 Å². The number of non-ortho nitro benzene ring substituents is 1. The molecule has 1 atom stereocenters. The molecule has 1 unspecified atom stereocenters. The van der Waals surface area contributed by atoms with Gasteiger partial charge in [0.15, 0.2) is 0 Å². The van der Waals surface area contributed by atoms with Gasteiger partial charge in [-0.25, -0.2) is 0 Å². The van der Waals surface area contributed by atoms with Gasteiger partial charge < -0.3 is 9.80 Å². The van der Waals surface area contributed by atoms with Crippen molar-refractivity contribution in [1.29, 1.82) is 5.26 Å². The van der Waals surface area contributed by atoms with Crippen molar-refractivity contribution in [1.82, 2.24) is 4.90 Å². The molecule has 0 N–H and O–H groups in total. The molecular formula is C14H18N4O2. The second kappa shape index (κ2) is 5.88. The number of likely N-dealkylation sites (tertiary alicyclic amines) is 1. The molecule has 6 heteroatoms. The molecule has 1 saturated heterocycles. The summed E-state index contributed by atoms with van der Waals surface area (Å²) in [7, 11) is 4.03. The molecule has 0 aliphatic carbocycles. The minimum Gasteiger partial charge on any atom is -0.373 e. The largest absolute Gasteiger partial charge is 0.373 e. The number of hydrogen-bond donors (Lipinski definition) is 0. The average molecular weight is 274 g/mol. The van der Waals surface area contributed by atoms with Crippen LogP contribution in [0.5, 0.6) is 0 Å². The quantitative estimate of drug-likeness (QED) is 0.619. The Bertz CT molecular complexity index is 553.